The lowest BCUT2D eigenvalue weighted by Gasteiger charge is -2.20. The fourth-order valence-corrected chi connectivity index (χ4v) is 1.07. The molecular weight excluding hydrogens is 182 g/mol. The van der Waals surface area contributed by atoms with Crippen LogP contribution in [0, 0.1) is 0 Å². The van der Waals surface area contributed by atoms with Crippen molar-refractivity contribution in [3.05, 3.63) is 12.2 Å². The lowest BCUT2D eigenvalue weighted by molar-refractivity contribution is -0.133. The summed E-state index contributed by atoms with van der Waals surface area (Å²) < 4.78 is 0. The second-order valence-electron chi connectivity index (χ2n) is 3.43. The molecule has 0 spiro atoms. The number of hydrogen-bond acceptors (Lipinski definition) is 3. The fourth-order valence-electron chi connectivity index (χ4n) is 1.07. The molecule has 0 heterocycles. The summed E-state index contributed by atoms with van der Waals surface area (Å²) in [6.45, 7) is 5.92. The van der Waals surface area contributed by atoms with E-state index in [9.17, 15) is 9.59 Å². The molecule has 14 heavy (non-hydrogen) atoms. The van der Waals surface area contributed by atoms with Crippen LogP contribution in [0.3, 0.4) is 0 Å². The van der Waals surface area contributed by atoms with E-state index in [4.69, 9.17) is 11.5 Å². The first-order chi connectivity index (χ1) is 6.34. The zero-order valence-corrected chi connectivity index (χ0v) is 8.62. The van der Waals surface area contributed by atoms with Gasteiger partial charge in [0.15, 0.2) is 0 Å². The molecule has 80 valence electrons. The van der Waals surface area contributed by atoms with Gasteiger partial charge >= 0.3 is 0 Å². The zero-order chi connectivity index (χ0) is 11.3. The Hall–Kier alpha value is -1.36. The van der Waals surface area contributed by atoms with Crippen molar-refractivity contribution < 1.29 is 9.59 Å². The van der Waals surface area contributed by atoms with Crippen molar-refractivity contribution in [1.82, 2.24) is 4.90 Å². The summed E-state index contributed by atoms with van der Waals surface area (Å²) in [6.07, 6.45) is -0.126. The average Bonchev–Trinajstić information content (AvgIpc) is 2.00. The molecule has 2 amide bonds. The predicted molar refractivity (Wildman–Crippen MR) is 54.2 cm³/mol. The topological polar surface area (TPSA) is 89.4 Å². The van der Waals surface area contributed by atoms with E-state index in [0.717, 1.165) is 5.57 Å². The molecule has 5 heteroatoms. The Balaban J connectivity index is 4.16. The van der Waals surface area contributed by atoms with Crippen molar-refractivity contribution in [1.29, 1.82) is 0 Å². The van der Waals surface area contributed by atoms with Crippen molar-refractivity contribution in [2.75, 3.05) is 13.6 Å². The maximum absolute atomic E-state index is 11.5. The predicted octanol–water partition coefficient (Wildman–Crippen LogP) is -0.776. The molecule has 0 aromatic heterocycles. The SMILES string of the molecule is C=C(C)CN(C)C(=O)C(N)CC(N)=O. The highest BCUT2D eigenvalue weighted by molar-refractivity contribution is 5.87. The third kappa shape index (κ3) is 4.61. The Morgan fingerprint density at radius 1 is 1.50 bits per heavy atom. The van der Waals surface area contributed by atoms with Crippen molar-refractivity contribution in [2.45, 2.75) is 19.4 Å². The van der Waals surface area contributed by atoms with Crippen molar-refractivity contribution in [3.8, 4) is 0 Å². The van der Waals surface area contributed by atoms with E-state index in [2.05, 4.69) is 6.58 Å². The number of primary amides is 1. The van der Waals surface area contributed by atoms with Crippen LogP contribution in [0.4, 0.5) is 0 Å². The van der Waals surface area contributed by atoms with Gasteiger partial charge < -0.3 is 16.4 Å². The van der Waals surface area contributed by atoms with Gasteiger partial charge in [0.2, 0.25) is 11.8 Å². The number of amides is 2. The van der Waals surface area contributed by atoms with Gasteiger partial charge in [-0.15, -0.1) is 0 Å². The second kappa shape index (κ2) is 5.39. The normalized spacial score (nSPS) is 11.9. The first kappa shape index (κ1) is 12.6. The minimum Gasteiger partial charge on any atom is -0.370 e. The molecule has 0 aliphatic carbocycles. The first-order valence-electron chi connectivity index (χ1n) is 4.27. The van der Waals surface area contributed by atoms with E-state index in [1.54, 1.807) is 7.05 Å². The Morgan fingerprint density at radius 2 is 2.00 bits per heavy atom. The minimum absolute atomic E-state index is 0.126. The van der Waals surface area contributed by atoms with Crippen LogP contribution in [0.15, 0.2) is 12.2 Å². The van der Waals surface area contributed by atoms with Gasteiger partial charge in [0, 0.05) is 13.6 Å². The fraction of sp³-hybridized carbons (Fsp3) is 0.556. The summed E-state index contributed by atoms with van der Waals surface area (Å²) >= 11 is 0. The summed E-state index contributed by atoms with van der Waals surface area (Å²) in [6, 6.07) is -0.850. The van der Waals surface area contributed by atoms with Gasteiger partial charge in [-0.25, -0.2) is 0 Å². The molecule has 0 aromatic rings. The highest BCUT2D eigenvalue weighted by atomic mass is 16.2. The van der Waals surface area contributed by atoms with E-state index in [-0.39, 0.29) is 12.3 Å². The van der Waals surface area contributed by atoms with E-state index in [1.165, 1.54) is 4.90 Å². The molecule has 0 aliphatic heterocycles. The maximum atomic E-state index is 11.5. The molecule has 1 unspecified atom stereocenters. The van der Waals surface area contributed by atoms with Gasteiger partial charge in [-0.1, -0.05) is 12.2 Å². The quantitative estimate of drug-likeness (QED) is 0.569. The van der Waals surface area contributed by atoms with Gasteiger partial charge in [0.25, 0.3) is 0 Å². The lowest BCUT2D eigenvalue weighted by Crippen LogP contribution is -2.44. The van der Waals surface area contributed by atoms with Gasteiger partial charge in [0.1, 0.15) is 0 Å². The van der Waals surface area contributed by atoms with Crippen LogP contribution in [0.25, 0.3) is 0 Å². The number of nitrogens with zero attached hydrogens (tertiary/aromatic N) is 1. The number of carbonyl (C=O) groups is 2. The summed E-state index contributed by atoms with van der Waals surface area (Å²) in [5.74, 6) is -0.874. The largest absolute Gasteiger partial charge is 0.370 e. The highest BCUT2D eigenvalue weighted by Gasteiger charge is 2.19. The maximum Gasteiger partial charge on any atom is 0.240 e. The third-order valence-electron chi connectivity index (χ3n) is 1.62. The van der Waals surface area contributed by atoms with Crippen LogP contribution in [0.5, 0.6) is 0 Å². The number of likely N-dealkylation sites (N-methyl/N-ethyl adjacent to an activating group) is 1. The number of carbonyl (C=O) groups excluding carboxylic acids is 2. The number of hydrogen-bond donors (Lipinski definition) is 2. The Morgan fingerprint density at radius 3 is 2.36 bits per heavy atom. The second-order valence-corrected chi connectivity index (χ2v) is 3.43. The molecule has 0 bridgehead atoms. The number of nitrogens with two attached hydrogens (primary N) is 2. The van der Waals surface area contributed by atoms with E-state index in [1.807, 2.05) is 6.92 Å². The van der Waals surface area contributed by atoms with Gasteiger partial charge in [-0.05, 0) is 6.92 Å². The molecule has 1 atom stereocenters. The molecule has 5 nitrogen and oxygen atoms in total. The molecule has 0 rings (SSSR count). The molecule has 0 radical (unpaired) electrons. The van der Waals surface area contributed by atoms with Gasteiger partial charge in [-0.2, -0.15) is 0 Å². The monoisotopic (exact) mass is 199 g/mol. The molecule has 0 saturated heterocycles. The van der Waals surface area contributed by atoms with E-state index < -0.39 is 11.9 Å². The van der Waals surface area contributed by atoms with Crippen molar-refractivity contribution in [3.63, 3.8) is 0 Å². The third-order valence-corrected chi connectivity index (χ3v) is 1.62. The summed E-state index contributed by atoms with van der Waals surface area (Å²) in [5.41, 5.74) is 11.3. The standard InChI is InChI=1S/C9H17N3O2/c1-6(2)5-12(3)9(14)7(10)4-8(11)13/h7H,1,4-5,10H2,2-3H3,(H2,11,13). The van der Waals surface area contributed by atoms with Crippen LogP contribution in [-0.4, -0.2) is 36.3 Å². The van der Waals surface area contributed by atoms with Crippen LogP contribution in [-0.2, 0) is 9.59 Å². The van der Waals surface area contributed by atoms with Crippen molar-refractivity contribution in [2.24, 2.45) is 11.5 Å². The van der Waals surface area contributed by atoms with Gasteiger partial charge in [0.05, 0.1) is 12.5 Å². The molecular formula is C9H17N3O2. The van der Waals surface area contributed by atoms with Crippen LogP contribution in [0.1, 0.15) is 13.3 Å². The van der Waals surface area contributed by atoms with Crippen LogP contribution < -0.4 is 11.5 Å². The van der Waals surface area contributed by atoms with E-state index in [0.29, 0.717) is 6.54 Å². The average molecular weight is 199 g/mol. The van der Waals surface area contributed by atoms with Crippen LogP contribution >= 0.6 is 0 Å². The first-order valence-corrected chi connectivity index (χ1v) is 4.27. The molecule has 0 saturated carbocycles. The summed E-state index contributed by atoms with van der Waals surface area (Å²) in [5, 5.41) is 0. The highest BCUT2D eigenvalue weighted by Crippen LogP contribution is 1.98. The Kier molecular flexibility index (Phi) is 4.86. The number of rotatable bonds is 5. The Bertz CT molecular complexity index is 226. The van der Waals surface area contributed by atoms with E-state index >= 15 is 0 Å². The van der Waals surface area contributed by atoms with Crippen molar-refractivity contribution >= 4 is 11.8 Å². The summed E-state index contributed by atoms with van der Waals surface area (Å²) in [4.78, 5) is 23.4. The zero-order valence-electron chi connectivity index (χ0n) is 8.62. The molecule has 0 aromatic carbocycles. The molecule has 0 aliphatic rings. The molecule has 0 fully saturated rings. The molecule has 4 N–H and O–H groups in total. The summed E-state index contributed by atoms with van der Waals surface area (Å²) in [7, 11) is 1.61. The smallest absolute Gasteiger partial charge is 0.240 e. The van der Waals surface area contributed by atoms with Crippen LogP contribution in [0.2, 0.25) is 0 Å². The Labute approximate surface area is 83.7 Å². The minimum atomic E-state index is -0.850. The van der Waals surface area contributed by atoms with Gasteiger partial charge in [-0.3, -0.25) is 9.59 Å². The lowest BCUT2D eigenvalue weighted by atomic mass is 10.2.